The summed E-state index contributed by atoms with van der Waals surface area (Å²) in [6.45, 7) is 0. The molecule has 0 fully saturated rings. The molecule has 136 valence electrons. The van der Waals surface area contributed by atoms with E-state index in [1.165, 1.54) is 47.5 Å². The number of carbonyl (C=O) groups excluding carboxylic acids is 1. The van der Waals surface area contributed by atoms with Crippen molar-refractivity contribution < 1.29 is 22.4 Å². The molecule has 4 nitrogen and oxygen atoms in total. The van der Waals surface area contributed by atoms with Crippen LogP contribution in [-0.4, -0.2) is 15.9 Å². The van der Waals surface area contributed by atoms with E-state index in [0.717, 1.165) is 12.1 Å². The van der Waals surface area contributed by atoms with Crippen LogP contribution in [0, 0.1) is 5.82 Å². The lowest BCUT2D eigenvalue weighted by Crippen LogP contribution is -2.20. The van der Waals surface area contributed by atoms with Crippen molar-refractivity contribution in [3.05, 3.63) is 77.6 Å². The van der Waals surface area contributed by atoms with Gasteiger partial charge in [-0.2, -0.15) is 13.2 Å². The van der Waals surface area contributed by atoms with Crippen LogP contribution in [0.4, 0.5) is 28.9 Å². The second kappa shape index (κ2) is 6.08. The number of H-pyrrole nitrogens is 1. The maximum absolute atomic E-state index is 14.5. The highest BCUT2D eigenvalue weighted by Gasteiger charge is 2.36. The van der Waals surface area contributed by atoms with Gasteiger partial charge in [0, 0.05) is 23.6 Å². The van der Waals surface area contributed by atoms with Crippen LogP contribution < -0.4 is 4.90 Å². The van der Waals surface area contributed by atoms with Crippen LogP contribution in [0.5, 0.6) is 0 Å². The number of hydrogen-bond donors (Lipinski definition) is 1. The fourth-order valence-corrected chi connectivity index (χ4v) is 2.99. The minimum atomic E-state index is -4.48. The van der Waals surface area contributed by atoms with Gasteiger partial charge in [0.2, 0.25) is 0 Å². The first-order valence-electron chi connectivity index (χ1n) is 7.88. The minimum Gasteiger partial charge on any atom is -0.345 e. The van der Waals surface area contributed by atoms with Gasteiger partial charge in [-0.3, -0.25) is 9.69 Å². The highest BCUT2D eigenvalue weighted by molar-refractivity contribution is 6.37. The SMILES string of the molecule is O=C1C(=Cc2ncc[nH]2)c2c(F)cccc2N1c1ccc(C(F)(F)F)cc1. The molecular formula is C19H11F4N3O. The second-order valence-corrected chi connectivity index (χ2v) is 5.85. The van der Waals surface area contributed by atoms with Gasteiger partial charge in [-0.05, 0) is 42.5 Å². The molecule has 0 atom stereocenters. The topological polar surface area (TPSA) is 49.0 Å². The number of hydrogen-bond acceptors (Lipinski definition) is 2. The molecule has 0 saturated carbocycles. The van der Waals surface area contributed by atoms with E-state index in [1.54, 1.807) is 6.20 Å². The molecule has 8 heteroatoms. The number of rotatable bonds is 2. The summed E-state index contributed by atoms with van der Waals surface area (Å²) in [4.78, 5) is 20.9. The molecule has 0 radical (unpaired) electrons. The Bertz CT molecular complexity index is 1040. The van der Waals surface area contributed by atoms with E-state index in [1.807, 2.05) is 0 Å². The number of alkyl halides is 3. The van der Waals surface area contributed by atoms with Gasteiger partial charge in [0.15, 0.2) is 0 Å². The van der Waals surface area contributed by atoms with Crippen molar-refractivity contribution >= 4 is 28.9 Å². The Kier molecular flexibility index (Phi) is 3.83. The largest absolute Gasteiger partial charge is 0.416 e. The van der Waals surface area contributed by atoms with Crippen LogP contribution in [0.1, 0.15) is 17.0 Å². The molecule has 0 spiro atoms. The molecule has 3 aromatic rings. The predicted octanol–water partition coefficient (Wildman–Crippen LogP) is 4.79. The summed E-state index contributed by atoms with van der Waals surface area (Å²) < 4.78 is 52.8. The van der Waals surface area contributed by atoms with E-state index in [0.29, 0.717) is 5.82 Å². The summed E-state index contributed by atoms with van der Waals surface area (Å²) in [5.74, 6) is -0.791. The maximum Gasteiger partial charge on any atom is 0.416 e. The van der Waals surface area contributed by atoms with Crippen molar-refractivity contribution in [2.24, 2.45) is 0 Å². The molecule has 27 heavy (non-hydrogen) atoms. The third kappa shape index (κ3) is 2.88. The van der Waals surface area contributed by atoms with Gasteiger partial charge in [0.05, 0.1) is 16.8 Å². The zero-order chi connectivity index (χ0) is 19.2. The molecule has 0 bridgehead atoms. The van der Waals surface area contributed by atoms with Crippen LogP contribution in [0.2, 0.25) is 0 Å². The number of fused-ring (bicyclic) bond motifs is 1. The van der Waals surface area contributed by atoms with Crippen LogP contribution in [0.3, 0.4) is 0 Å². The second-order valence-electron chi connectivity index (χ2n) is 5.85. The molecule has 1 amide bonds. The van der Waals surface area contributed by atoms with E-state index >= 15 is 0 Å². The van der Waals surface area contributed by atoms with Crippen LogP contribution in [0.25, 0.3) is 11.6 Å². The minimum absolute atomic E-state index is 0.0675. The van der Waals surface area contributed by atoms with Crippen molar-refractivity contribution in [2.75, 3.05) is 4.90 Å². The molecule has 1 N–H and O–H groups in total. The summed E-state index contributed by atoms with van der Waals surface area (Å²) in [5.41, 5.74) is -0.208. The highest BCUT2D eigenvalue weighted by atomic mass is 19.4. The van der Waals surface area contributed by atoms with E-state index in [-0.39, 0.29) is 22.5 Å². The molecule has 0 unspecified atom stereocenters. The third-order valence-corrected chi connectivity index (χ3v) is 4.19. The van der Waals surface area contributed by atoms with Crippen LogP contribution in [0.15, 0.2) is 54.9 Å². The number of carbonyl (C=O) groups is 1. The lowest BCUT2D eigenvalue weighted by Gasteiger charge is -2.18. The van der Waals surface area contributed by atoms with E-state index < -0.39 is 23.5 Å². The maximum atomic E-state index is 14.5. The van der Waals surface area contributed by atoms with Gasteiger partial charge >= 0.3 is 6.18 Å². The Morgan fingerprint density at radius 2 is 1.81 bits per heavy atom. The van der Waals surface area contributed by atoms with Crippen molar-refractivity contribution in [3.8, 4) is 0 Å². The molecule has 2 aromatic carbocycles. The summed E-state index contributed by atoms with van der Waals surface area (Å²) in [7, 11) is 0. The zero-order valence-corrected chi connectivity index (χ0v) is 13.6. The normalized spacial score (nSPS) is 15.5. The zero-order valence-electron chi connectivity index (χ0n) is 13.6. The molecule has 2 heterocycles. The molecule has 4 rings (SSSR count). The third-order valence-electron chi connectivity index (χ3n) is 4.19. The van der Waals surface area contributed by atoms with E-state index in [4.69, 9.17) is 0 Å². The number of halogens is 4. The first-order chi connectivity index (χ1) is 12.9. The lowest BCUT2D eigenvalue weighted by molar-refractivity contribution is -0.137. The smallest absolute Gasteiger partial charge is 0.345 e. The van der Waals surface area contributed by atoms with Gasteiger partial charge in [0.25, 0.3) is 5.91 Å². The number of anilines is 2. The Balaban J connectivity index is 1.84. The number of aromatic nitrogens is 2. The lowest BCUT2D eigenvalue weighted by atomic mass is 10.1. The predicted molar refractivity (Wildman–Crippen MR) is 91.4 cm³/mol. The Morgan fingerprint density at radius 1 is 1.07 bits per heavy atom. The number of benzene rings is 2. The average molecular weight is 373 g/mol. The summed E-state index contributed by atoms with van der Waals surface area (Å²) in [5, 5.41) is 0. The first-order valence-corrected chi connectivity index (χ1v) is 7.88. The number of nitrogens with one attached hydrogen (secondary N) is 1. The fraction of sp³-hybridized carbons (Fsp3) is 0.0526. The van der Waals surface area contributed by atoms with Crippen molar-refractivity contribution in [3.63, 3.8) is 0 Å². The van der Waals surface area contributed by atoms with Crippen molar-refractivity contribution in [1.82, 2.24) is 9.97 Å². The average Bonchev–Trinajstić information content (AvgIpc) is 3.22. The monoisotopic (exact) mass is 373 g/mol. The van der Waals surface area contributed by atoms with Crippen molar-refractivity contribution in [2.45, 2.75) is 6.18 Å². The molecule has 1 aliphatic heterocycles. The Morgan fingerprint density at radius 3 is 2.44 bits per heavy atom. The quantitative estimate of drug-likeness (QED) is 0.519. The summed E-state index contributed by atoms with van der Waals surface area (Å²) in [6, 6.07) is 8.34. The standard InChI is InChI=1S/C19H11F4N3O/c20-14-2-1-3-15-17(14)13(10-16-24-8-9-25-16)18(27)26(15)12-6-4-11(5-7-12)19(21,22)23/h1-10H,(H,24,25). The molecular weight excluding hydrogens is 362 g/mol. The van der Waals surface area contributed by atoms with E-state index in [9.17, 15) is 22.4 Å². The van der Waals surface area contributed by atoms with Gasteiger partial charge in [-0.15, -0.1) is 0 Å². The van der Waals surface area contributed by atoms with E-state index in [2.05, 4.69) is 9.97 Å². The molecule has 0 saturated heterocycles. The Labute approximate surface area is 150 Å². The van der Waals surface area contributed by atoms with Gasteiger partial charge in [-0.25, -0.2) is 9.37 Å². The van der Waals surface area contributed by atoms with Crippen LogP contribution >= 0.6 is 0 Å². The summed E-state index contributed by atoms with van der Waals surface area (Å²) in [6.07, 6.45) is -0.0281. The number of nitrogens with zero attached hydrogens (tertiary/aromatic N) is 2. The van der Waals surface area contributed by atoms with Gasteiger partial charge in [-0.1, -0.05) is 6.07 Å². The fourth-order valence-electron chi connectivity index (χ4n) is 2.99. The molecule has 1 aliphatic rings. The van der Waals surface area contributed by atoms with Crippen molar-refractivity contribution in [1.29, 1.82) is 0 Å². The number of amides is 1. The van der Waals surface area contributed by atoms with Crippen LogP contribution in [-0.2, 0) is 11.0 Å². The molecule has 0 aliphatic carbocycles. The molecule has 1 aromatic heterocycles. The first kappa shape index (κ1) is 17.0. The highest BCUT2D eigenvalue weighted by Crippen LogP contribution is 2.43. The number of aromatic amines is 1. The number of imidazole rings is 1. The van der Waals surface area contributed by atoms with Gasteiger partial charge < -0.3 is 4.98 Å². The van der Waals surface area contributed by atoms with Gasteiger partial charge in [0.1, 0.15) is 11.6 Å². The Hall–Kier alpha value is -3.42. The summed E-state index contributed by atoms with van der Waals surface area (Å²) >= 11 is 0.